The minimum atomic E-state index is -0.481. The van der Waals surface area contributed by atoms with E-state index < -0.39 is 6.10 Å². The summed E-state index contributed by atoms with van der Waals surface area (Å²) in [6.07, 6.45) is -0.694. The fourth-order valence-electron chi connectivity index (χ4n) is 2.33. The predicted molar refractivity (Wildman–Crippen MR) is 94.3 cm³/mol. The van der Waals surface area contributed by atoms with Gasteiger partial charge in [-0.1, -0.05) is 12.1 Å². The number of benzene rings is 1. The van der Waals surface area contributed by atoms with Gasteiger partial charge in [0.15, 0.2) is 6.10 Å². The molecule has 1 aliphatic heterocycles. The van der Waals surface area contributed by atoms with Gasteiger partial charge in [-0.3, -0.25) is 0 Å². The first-order chi connectivity index (χ1) is 12.8. The van der Waals surface area contributed by atoms with Crippen LogP contribution in [0.25, 0.3) is 0 Å². The summed E-state index contributed by atoms with van der Waals surface area (Å²) in [5.74, 6) is 0.440. The lowest BCUT2D eigenvalue weighted by molar-refractivity contribution is -0.144. The smallest absolute Gasteiger partial charge is 0.338 e. The number of epoxide rings is 1. The maximum atomic E-state index is 11.6. The van der Waals surface area contributed by atoms with E-state index in [1.807, 2.05) is 31.2 Å². The minimum Gasteiger partial charge on any atom is -0.491 e. The predicted octanol–water partition coefficient (Wildman–Crippen LogP) is 2.14. The van der Waals surface area contributed by atoms with Crippen molar-refractivity contribution in [2.24, 2.45) is 0 Å². The molecule has 1 fully saturated rings. The van der Waals surface area contributed by atoms with Crippen LogP contribution in [0.15, 0.2) is 24.3 Å². The van der Waals surface area contributed by atoms with E-state index in [1.165, 1.54) is 0 Å². The van der Waals surface area contributed by atoms with Gasteiger partial charge in [0.25, 0.3) is 0 Å². The maximum Gasteiger partial charge on any atom is 0.338 e. The van der Waals surface area contributed by atoms with Gasteiger partial charge in [0, 0.05) is 6.61 Å². The van der Waals surface area contributed by atoms with Crippen LogP contribution in [0.3, 0.4) is 0 Å². The third-order valence-corrected chi connectivity index (χ3v) is 3.66. The van der Waals surface area contributed by atoms with Crippen LogP contribution in [0.2, 0.25) is 0 Å². The van der Waals surface area contributed by atoms with Crippen LogP contribution in [0, 0.1) is 0 Å². The maximum absolute atomic E-state index is 11.6. The van der Waals surface area contributed by atoms with Crippen molar-refractivity contribution >= 4 is 5.97 Å². The molecule has 146 valence electrons. The Morgan fingerprint density at radius 1 is 0.885 bits per heavy atom. The molecule has 1 aliphatic rings. The second-order valence-electron chi connectivity index (χ2n) is 5.57. The summed E-state index contributed by atoms with van der Waals surface area (Å²) in [5, 5.41) is 0. The Morgan fingerprint density at radius 2 is 1.50 bits per heavy atom. The summed E-state index contributed by atoms with van der Waals surface area (Å²) in [7, 11) is 0. The van der Waals surface area contributed by atoms with Gasteiger partial charge in [0.1, 0.15) is 18.5 Å². The van der Waals surface area contributed by atoms with E-state index in [0.29, 0.717) is 52.9 Å². The molecule has 0 saturated carbocycles. The van der Waals surface area contributed by atoms with Gasteiger partial charge in [-0.2, -0.15) is 0 Å². The Morgan fingerprint density at radius 3 is 2.12 bits per heavy atom. The highest BCUT2D eigenvalue weighted by Crippen LogP contribution is 2.39. The first-order valence-corrected chi connectivity index (χ1v) is 9.04. The Hall–Kier alpha value is -1.67. The van der Waals surface area contributed by atoms with Gasteiger partial charge in [-0.15, -0.1) is 0 Å². The zero-order valence-corrected chi connectivity index (χ0v) is 15.5. The standard InChI is InChI=1S/C19H28O7/c1-3-21-9-10-22-11-12-23-13-14-25-16-7-5-15(6-8-16)17-18(26-17)19(20)24-4-2/h5-8,17-18H,3-4,9-14H2,1-2H3. The lowest BCUT2D eigenvalue weighted by atomic mass is 10.1. The fraction of sp³-hybridized carbons (Fsp3) is 0.632. The third-order valence-electron chi connectivity index (χ3n) is 3.66. The van der Waals surface area contributed by atoms with Crippen molar-refractivity contribution in [3.63, 3.8) is 0 Å². The van der Waals surface area contributed by atoms with Crippen molar-refractivity contribution in [1.29, 1.82) is 0 Å². The topological polar surface area (TPSA) is 75.8 Å². The van der Waals surface area contributed by atoms with Crippen LogP contribution in [0.4, 0.5) is 0 Å². The molecular weight excluding hydrogens is 340 g/mol. The van der Waals surface area contributed by atoms with E-state index in [9.17, 15) is 4.79 Å². The van der Waals surface area contributed by atoms with Crippen molar-refractivity contribution in [2.45, 2.75) is 26.1 Å². The van der Waals surface area contributed by atoms with E-state index >= 15 is 0 Å². The molecule has 0 amide bonds. The van der Waals surface area contributed by atoms with Crippen molar-refractivity contribution in [1.82, 2.24) is 0 Å². The van der Waals surface area contributed by atoms with E-state index in [4.69, 9.17) is 28.4 Å². The second-order valence-corrected chi connectivity index (χ2v) is 5.57. The number of hydrogen-bond donors (Lipinski definition) is 0. The minimum absolute atomic E-state index is 0.214. The van der Waals surface area contributed by atoms with Crippen LogP contribution >= 0.6 is 0 Å². The Labute approximate surface area is 154 Å². The van der Waals surface area contributed by atoms with Crippen LogP contribution in [0.5, 0.6) is 5.75 Å². The molecule has 1 heterocycles. The molecule has 0 aliphatic carbocycles. The average Bonchev–Trinajstić information content (AvgIpc) is 3.45. The second kappa shape index (κ2) is 11.9. The highest BCUT2D eigenvalue weighted by atomic mass is 16.6. The molecule has 7 heteroatoms. The molecule has 0 aromatic heterocycles. The van der Waals surface area contributed by atoms with Gasteiger partial charge < -0.3 is 28.4 Å². The van der Waals surface area contributed by atoms with Crippen molar-refractivity contribution in [3.8, 4) is 5.75 Å². The Kier molecular flexibility index (Phi) is 9.41. The molecule has 0 bridgehead atoms. The summed E-state index contributed by atoms with van der Waals surface area (Å²) in [6.45, 7) is 8.03. The highest BCUT2D eigenvalue weighted by molar-refractivity contribution is 5.78. The van der Waals surface area contributed by atoms with Crippen LogP contribution < -0.4 is 4.74 Å². The summed E-state index contributed by atoms with van der Waals surface area (Å²) in [6, 6.07) is 7.50. The van der Waals surface area contributed by atoms with Gasteiger partial charge in [0.2, 0.25) is 0 Å². The quantitative estimate of drug-likeness (QED) is 0.283. The van der Waals surface area contributed by atoms with E-state index in [1.54, 1.807) is 6.92 Å². The number of carbonyl (C=O) groups is 1. The SMILES string of the molecule is CCOCCOCCOCCOc1ccc(C2OC2C(=O)OCC)cc1. The molecule has 0 N–H and O–H groups in total. The fourth-order valence-corrected chi connectivity index (χ4v) is 2.33. The van der Waals surface area contributed by atoms with Crippen molar-refractivity contribution in [2.75, 3.05) is 52.9 Å². The number of carbonyl (C=O) groups excluding carboxylic acids is 1. The molecule has 1 aromatic rings. The molecule has 7 nitrogen and oxygen atoms in total. The van der Waals surface area contributed by atoms with E-state index in [-0.39, 0.29) is 12.1 Å². The zero-order chi connectivity index (χ0) is 18.6. The van der Waals surface area contributed by atoms with Gasteiger partial charge in [-0.25, -0.2) is 4.79 Å². The Balaban J connectivity index is 1.53. The molecule has 0 spiro atoms. The number of esters is 1. The van der Waals surface area contributed by atoms with Crippen LogP contribution in [-0.2, 0) is 28.5 Å². The van der Waals surface area contributed by atoms with E-state index in [0.717, 1.165) is 11.3 Å². The molecule has 0 radical (unpaired) electrons. The van der Waals surface area contributed by atoms with Gasteiger partial charge >= 0.3 is 5.97 Å². The molecule has 2 unspecified atom stereocenters. The summed E-state index contributed by atoms with van der Waals surface area (Å²) < 4.78 is 31.9. The first-order valence-electron chi connectivity index (χ1n) is 9.04. The van der Waals surface area contributed by atoms with Crippen molar-refractivity contribution in [3.05, 3.63) is 29.8 Å². The first kappa shape index (κ1) is 20.6. The monoisotopic (exact) mass is 368 g/mol. The summed E-state index contributed by atoms with van der Waals surface area (Å²) in [5.41, 5.74) is 0.941. The third kappa shape index (κ3) is 7.29. The van der Waals surface area contributed by atoms with Crippen LogP contribution in [-0.4, -0.2) is 64.9 Å². The molecule has 1 saturated heterocycles. The summed E-state index contributed by atoms with van der Waals surface area (Å²) >= 11 is 0. The molecule has 26 heavy (non-hydrogen) atoms. The van der Waals surface area contributed by atoms with Gasteiger partial charge in [-0.05, 0) is 31.5 Å². The lowest BCUT2D eigenvalue weighted by Gasteiger charge is -2.08. The van der Waals surface area contributed by atoms with E-state index in [2.05, 4.69) is 0 Å². The molecule has 2 rings (SSSR count). The van der Waals surface area contributed by atoms with Gasteiger partial charge in [0.05, 0.1) is 39.6 Å². The summed E-state index contributed by atoms with van der Waals surface area (Å²) in [4.78, 5) is 11.6. The average molecular weight is 368 g/mol. The molecule has 2 atom stereocenters. The zero-order valence-electron chi connectivity index (χ0n) is 15.5. The molecule has 1 aromatic carbocycles. The number of rotatable bonds is 14. The number of ether oxygens (including phenoxy) is 6. The number of hydrogen-bond acceptors (Lipinski definition) is 7. The largest absolute Gasteiger partial charge is 0.491 e. The lowest BCUT2D eigenvalue weighted by Crippen LogP contribution is -2.12. The van der Waals surface area contributed by atoms with Crippen molar-refractivity contribution < 1.29 is 33.2 Å². The molecular formula is C19H28O7. The normalized spacial score (nSPS) is 18.5. The Bertz CT molecular complexity index is 517. The highest BCUT2D eigenvalue weighted by Gasteiger charge is 2.47. The van der Waals surface area contributed by atoms with Crippen LogP contribution in [0.1, 0.15) is 25.5 Å².